The number of hydrogen-bond donors (Lipinski definition) is 3. The van der Waals surface area contributed by atoms with E-state index in [9.17, 15) is 14.4 Å². The molecule has 184 valence electrons. The normalized spacial score (nSPS) is 13.7. The van der Waals surface area contributed by atoms with Crippen molar-refractivity contribution in [2.24, 2.45) is 10.2 Å². The van der Waals surface area contributed by atoms with E-state index < -0.39 is 16.8 Å². The second-order valence-electron chi connectivity index (χ2n) is 8.31. The molecule has 1 aliphatic heterocycles. The third-order valence-corrected chi connectivity index (χ3v) is 5.21. The Kier molecular flexibility index (Phi) is 8.12. The number of aryl methyl sites for hydroxylation is 1. The lowest BCUT2D eigenvalue weighted by Gasteiger charge is -2.15. The zero-order chi connectivity index (χ0) is 24.3. The maximum absolute atomic E-state index is 11.5. The Morgan fingerprint density at radius 2 is 1.82 bits per heavy atom. The Balaban J connectivity index is 0.000000439. The van der Waals surface area contributed by atoms with Gasteiger partial charge in [-0.05, 0) is 13.3 Å². The summed E-state index contributed by atoms with van der Waals surface area (Å²) in [5.74, 6) is 0.845. The number of aromatic amines is 2. The number of hydrogen-bond acceptors (Lipinski definition) is 11. The van der Waals surface area contributed by atoms with E-state index in [0.717, 1.165) is 35.6 Å². The number of azo groups is 1. The number of nitrogens with one attached hydrogen (secondary N) is 2. The van der Waals surface area contributed by atoms with Crippen LogP contribution in [0.25, 0.3) is 5.95 Å². The molecule has 15 nitrogen and oxygen atoms in total. The molecule has 1 aliphatic rings. The zero-order valence-electron chi connectivity index (χ0n) is 19.4. The first kappa shape index (κ1) is 26.5. The molecule has 0 aliphatic carbocycles. The van der Waals surface area contributed by atoms with Gasteiger partial charge in [-0.15, -0.1) is 10.2 Å². The minimum Gasteiger partial charge on any atom is -0.412 e. The minimum atomic E-state index is -0.816. The number of H-pyrrole nitrogens is 2. The van der Waals surface area contributed by atoms with Gasteiger partial charge in [0.05, 0.1) is 5.69 Å². The van der Waals surface area contributed by atoms with Gasteiger partial charge in [0.25, 0.3) is 0 Å². The zero-order valence-corrected chi connectivity index (χ0v) is 20.2. The number of anilines is 1. The molecule has 1 fully saturated rings. The summed E-state index contributed by atoms with van der Waals surface area (Å²) in [6.45, 7) is 8.46. The highest BCUT2D eigenvalue weighted by Gasteiger charge is 2.27. The van der Waals surface area contributed by atoms with E-state index >= 15 is 0 Å². The number of aromatic nitrogens is 7. The van der Waals surface area contributed by atoms with Crippen molar-refractivity contribution in [3.63, 3.8) is 0 Å². The number of nitrogens with two attached hydrogens (primary N) is 1. The average Bonchev–Trinajstić information content (AvgIpc) is 3.39. The number of carbonyl (C=O) groups excluding carboxylic acids is 1. The fourth-order valence-electron chi connectivity index (χ4n) is 2.87. The van der Waals surface area contributed by atoms with Crippen molar-refractivity contribution in [3.05, 3.63) is 32.5 Å². The molecule has 0 spiro atoms. The lowest BCUT2D eigenvalue weighted by atomic mass is 9.91. The highest BCUT2D eigenvalue weighted by atomic mass is 32.1. The van der Waals surface area contributed by atoms with Gasteiger partial charge in [0.1, 0.15) is 5.82 Å². The van der Waals surface area contributed by atoms with Crippen LogP contribution in [0.5, 0.6) is 0 Å². The van der Waals surface area contributed by atoms with Gasteiger partial charge < -0.3 is 16.1 Å². The quantitative estimate of drug-likeness (QED) is 0.434. The first-order valence-corrected chi connectivity index (χ1v) is 10.8. The Hall–Kier alpha value is -3.79. The van der Waals surface area contributed by atoms with Crippen molar-refractivity contribution in [3.8, 4) is 5.95 Å². The molecule has 0 saturated carbocycles. The van der Waals surface area contributed by atoms with Crippen molar-refractivity contribution in [1.82, 2.24) is 39.0 Å². The first-order chi connectivity index (χ1) is 15.5. The van der Waals surface area contributed by atoms with Crippen LogP contribution in [0.4, 0.5) is 16.6 Å². The highest BCUT2D eigenvalue weighted by molar-refractivity contribution is 7.09. The average molecular weight is 494 g/mol. The number of nitrogen functional groups attached to an aromatic ring is 1. The van der Waals surface area contributed by atoms with E-state index in [-0.39, 0.29) is 17.2 Å². The van der Waals surface area contributed by atoms with Gasteiger partial charge in [0, 0.05) is 37.0 Å². The highest BCUT2D eigenvalue weighted by Crippen LogP contribution is 2.37. The summed E-state index contributed by atoms with van der Waals surface area (Å²) >= 11 is 1.10. The molecule has 0 radical (unpaired) electrons. The number of likely N-dealkylation sites (tertiary alicyclic amines) is 1. The topological polar surface area (TPSA) is 225 Å². The molecule has 4 heterocycles. The molecule has 34 heavy (non-hydrogen) atoms. The van der Waals surface area contributed by atoms with Crippen LogP contribution in [0.2, 0.25) is 0 Å². The van der Waals surface area contributed by atoms with Crippen LogP contribution in [0, 0.1) is 6.92 Å². The number of rotatable bonds is 3. The van der Waals surface area contributed by atoms with Gasteiger partial charge in [-0.3, -0.25) is 14.8 Å². The van der Waals surface area contributed by atoms with Gasteiger partial charge in [0.15, 0.2) is 11.5 Å². The summed E-state index contributed by atoms with van der Waals surface area (Å²) in [6.07, 6.45) is 1.81. The summed E-state index contributed by atoms with van der Waals surface area (Å²) in [6, 6.07) is 0. The van der Waals surface area contributed by atoms with Gasteiger partial charge in [-0.25, -0.2) is 14.6 Å². The first-order valence-electron chi connectivity index (χ1n) is 10.0. The molecule has 0 unspecified atom stereocenters. The maximum Gasteiger partial charge on any atom is 0.352 e. The van der Waals surface area contributed by atoms with Crippen LogP contribution in [0.1, 0.15) is 45.1 Å². The molecule has 3 aromatic rings. The molecule has 0 atom stereocenters. The van der Waals surface area contributed by atoms with Crippen molar-refractivity contribution in [2.45, 2.75) is 46.0 Å². The third kappa shape index (κ3) is 6.16. The standard InChI is InChI=1S/C13H16N10O2S.C5H9NO.H2O/c1-5-15-12(26-22-5)20-19-6-7(13(2,3)4)21-23(8(6)14)9-16-10(24)18-11(25)17-9;1-6-4-2-3-5(6)7;/h14H2,1-4H3,(H2,16,17,18,24,25);2-4H2,1H3;1H2. The van der Waals surface area contributed by atoms with Crippen molar-refractivity contribution in [2.75, 3.05) is 19.3 Å². The molecule has 1 saturated heterocycles. The van der Waals surface area contributed by atoms with Gasteiger partial charge in [0.2, 0.25) is 17.0 Å². The number of amides is 1. The van der Waals surface area contributed by atoms with Crippen LogP contribution < -0.4 is 17.1 Å². The smallest absolute Gasteiger partial charge is 0.352 e. The molecule has 0 bridgehead atoms. The van der Waals surface area contributed by atoms with Gasteiger partial charge in [-0.1, -0.05) is 20.8 Å². The summed E-state index contributed by atoms with van der Waals surface area (Å²) in [5, 5.41) is 13.0. The predicted octanol–water partition coefficient (Wildman–Crippen LogP) is 0.513. The van der Waals surface area contributed by atoms with E-state index in [1.165, 1.54) is 0 Å². The maximum atomic E-state index is 11.5. The predicted molar refractivity (Wildman–Crippen MR) is 125 cm³/mol. The van der Waals surface area contributed by atoms with Crippen LogP contribution in [0.15, 0.2) is 19.8 Å². The Bertz CT molecular complexity index is 1270. The lowest BCUT2D eigenvalue weighted by molar-refractivity contribution is -0.126. The summed E-state index contributed by atoms with van der Waals surface area (Å²) in [4.78, 5) is 47.4. The van der Waals surface area contributed by atoms with Gasteiger partial charge >= 0.3 is 11.4 Å². The van der Waals surface area contributed by atoms with Crippen molar-refractivity contribution < 1.29 is 10.3 Å². The second-order valence-corrected chi connectivity index (χ2v) is 9.04. The van der Waals surface area contributed by atoms with Crippen LogP contribution in [-0.2, 0) is 10.2 Å². The van der Waals surface area contributed by atoms with E-state index in [4.69, 9.17) is 5.73 Å². The number of carbonyl (C=O) groups is 1. The lowest BCUT2D eigenvalue weighted by Crippen LogP contribution is -2.28. The van der Waals surface area contributed by atoms with Crippen LogP contribution in [0.3, 0.4) is 0 Å². The Labute approximate surface area is 197 Å². The molecule has 16 heteroatoms. The minimum absolute atomic E-state index is 0. The summed E-state index contributed by atoms with van der Waals surface area (Å²) < 4.78 is 5.18. The molecule has 4 rings (SSSR count). The summed E-state index contributed by atoms with van der Waals surface area (Å²) in [7, 11) is 1.84. The van der Waals surface area contributed by atoms with Gasteiger partial charge in [-0.2, -0.15) is 19.1 Å². The monoisotopic (exact) mass is 493 g/mol. The van der Waals surface area contributed by atoms with Crippen LogP contribution >= 0.6 is 11.5 Å². The van der Waals surface area contributed by atoms with Crippen molar-refractivity contribution in [1.29, 1.82) is 0 Å². The molecular weight excluding hydrogens is 466 g/mol. The van der Waals surface area contributed by atoms with E-state index in [1.54, 1.807) is 11.8 Å². The summed E-state index contributed by atoms with van der Waals surface area (Å²) in [5.41, 5.74) is 4.98. The fraction of sp³-hybridized carbons (Fsp3) is 0.500. The Morgan fingerprint density at radius 3 is 2.29 bits per heavy atom. The third-order valence-electron chi connectivity index (χ3n) is 4.52. The van der Waals surface area contributed by atoms with Crippen LogP contribution in [-0.4, -0.2) is 64.0 Å². The number of nitrogens with zero attached hydrogens (tertiary/aromatic N) is 8. The second kappa shape index (κ2) is 10.4. The SMILES string of the molecule is CN1CCCC1=O.Cc1nsc(N=Nc2c(C(C)(C)C)nn(-c3nc(=O)[nH]c(=O)[nH]3)c2N)n1.O. The molecular formula is C18H27N11O4S. The largest absolute Gasteiger partial charge is 0.412 e. The Morgan fingerprint density at radius 1 is 1.12 bits per heavy atom. The van der Waals surface area contributed by atoms with E-state index in [1.807, 2.05) is 32.8 Å². The molecule has 3 aromatic heterocycles. The molecule has 1 amide bonds. The van der Waals surface area contributed by atoms with E-state index in [0.29, 0.717) is 28.2 Å². The van der Waals surface area contributed by atoms with Crippen molar-refractivity contribution >= 4 is 34.1 Å². The molecule has 6 N–H and O–H groups in total. The van der Waals surface area contributed by atoms with E-state index in [2.05, 4.69) is 34.7 Å². The molecule has 0 aromatic carbocycles. The fourth-order valence-corrected chi connectivity index (χ4v) is 3.38.